The second-order valence-corrected chi connectivity index (χ2v) is 19.8. The highest BCUT2D eigenvalue weighted by molar-refractivity contribution is 6.40. The molecule has 0 fully saturated rings. The third kappa shape index (κ3) is 12.9. The minimum atomic E-state index is -1.19. The van der Waals surface area contributed by atoms with Crippen LogP contribution in [0.2, 0.25) is 20.1 Å². The molecule has 20 nitrogen and oxygen atoms in total. The third-order valence-electron chi connectivity index (χ3n) is 11.3. The van der Waals surface area contributed by atoms with Gasteiger partial charge in [-0.3, -0.25) is 20.2 Å². The zero-order valence-electron chi connectivity index (χ0n) is 40.6. The summed E-state index contributed by atoms with van der Waals surface area (Å²) in [6.07, 6.45) is 3.22. The van der Waals surface area contributed by atoms with Crippen molar-refractivity contribution in [2.45, 2.75) is 52.7 Å². The van der Waals surface area contributed by atoms with Crippen LogP contribution in [0.1, 0.15) is 43.0 Å². The van der Waals surface area contributed by atoms with Crippen LogP contribution in [0.3, 0.4) is 0 Å². The van der Waals surface area contributed by atoms with Gasteiger partial charge in [-0.25, -0.2) is 29.5 Å². The Kier molecular flexibility index (Phi) is 15.9. The van der Waals surface area contributed by atoms with Gasteiger partial charge in [-0.05, 0) is 104 Å². The van der Waals surface area contributed by atoms with Crippen LogP contribution in [-0.2, 0) is 45.5 Å². The molecule has 0 spiro atoms. The molecule has 6 heterocycles. The van der Waals surface area contributed by atoms with E-state index in [1.807, 2.05) is 57.2 Å². The van der Waals surface area contributed by atoms with Crippen LogP contribution in [0.25, 0.3) is 44.3 Å². The second-order valence-electron chi connectivity index (χ2n) is 18.2. The Morgan fingerprint density at radius 3 is 1.41 bits per heavy atom. The number of halogens is 4. The van der Waals surface area contributed by atoms with Gasteiger partial charge in [-0.1, -0.05) is 70.7 Å². The molecule has 10 rings (SSSR count). The quantitative estimate of drug-likeness (QED) is 0.0565. The Balaban J connectivity index is 0.000000187. The summed E-state index contributed by atoms with van der Waals surface area (Å²) in [4.78, 5) is 75.2. The molecule has 0 atom stereocenters. The van der Waals surface area contributed by atoms with Gasteiger partial charge < -0.3 is 41.2 Å². The van der Waals surface area contributed by atoms with Crippen molar-refractivity contribution >= 4 is 127 Å². The molecule has 2 aliphatic rings. The van der Waals surface area contributed by atoms with Crippen LogP contribution in [0.15, 0.2) is 97.3 Å². The first kappa shape index (κ1) is 52.9. The number of aromatic nitrogens is 6. The number of aliphatic carboxylic acids is 1. The number of anilines is 6. The van der Waals surface area contributed by atoms with Crippen molar-refractivity contribution in [1.29, 1.82) is 0 Å². The van der Waals surface area contributed by atoms with E-state index in [0.717, 1.165) is 33.6 Å². The van der Waals surface area contributed by atoms with Crippen molar-refractivity contribution < 1.29 is 33.8 Å². The Hall–Kier alpha value is -7.98. The number of urea groups is 2. The molecule has 8 N–H and O–H groups in total. The molecule has 0 saturated heterocycles. The Morgan fingerprint density at radius 2 is 0.987 bits per heavy atom. The van der Waals surface area contributed by atoms with E-state index in [0.29, 0.717) is 97.1 Å². The first-order chi connectivity index (χ1) is 36.4. The van der Waals surface area contributed by atoms with Gasteiger partial charge in [-0.15, -0.1) is 0 Å². The second kappa shape index (κ2) is 22.9. The molecule has 0 unspecified atom stereocenters. The lowest BCUT2D eigenvalue weighted by molar-refractivity contribution is -0.135. The number of carboxylic acid groups (broad SMARTS) is 1. The minimum Gasteiger partial charge on any atom is -0.480 e. The molecule has 0 saturated carbocycles. The summed E-state index contributed by atoms with van der Waals surface area (Å²) in [5.41, 5.74) is 8.14. The zero-order valence-corrected chi connectivity index (χ0v) is 43.6. The summed E-state index contributed by atoms with van der Waals surface area (Å²) in [6.45, 7) is 7.09. The van der Waals surface area contributed by atoms with Gasteiger partial charge in [0.05, 0.1) is 53.1 Å². The number of rotatable bonds is 12. The highest BCUT2D eigenvalue weighted by Gasteiger charge is 2.22. The lowest BCUT2D eigenvalue weighted by Crippen LogP contribution is -2.46. The maximum Gasteiger partial charge on any atom is 0.323 e. The largest absolute Gasteiger partial charge is 0.480 e. The topological polar surface area (TPSA) is 269 Å². The number of nitrogens with zero attached hydrogens (tertiary/aromatic N) is 6. The number of ether oxygens (including phenoxy) is 2. The number of hydrogen-bond donors (Lipinski definition) is 8. The first-order valence-electron chi connectivity index (χ1n) is 23.2. The smallest absolute Gasteiger partial charge is 0.323 e. The van der Waals surface area contributed by atoms with E-state index in [2.05, 4.69) is 67.1 Å². The van der Waals surface area contributed by atoms with Gasteiger partial charge in [0.25, 0.3) is 0 Å². The number of carboxylic acids is 1. The van der Waals surface area contributed by atoms with Crippen molar-refractivity contribution in [3.63, 3.8) is 0 Å². The van der Waals surface area contributed by atoms with Crippen molar-refractivity contribution in [2.24, 2.45) is 0 Å². The molecular weight excluding hydrogens is 1060 g/mol. The summed E-state index contributed by atoms with van der Waals surface area (Å²) in [5.74, 6) is -0.622. The number of pyridine rings is 2. The minimum absolute atomic E-state index is 0.0970. The third-order valence-corrected chi connectivity index (χ3v) is 12.6. The van der Waals surface area contributed by atoms with Crippen LogP contribution >= 0.6 is 46.4 Å². The van der Waals surface area contributed by atoms with Crippen molar-refractivity contribution in [1.82, 2.24) is 45.9 Å². The molecule has 4 aromatic heterocycles. The first-order valence-corrected chi connectivity index (χ1v) is 24.7. The number of fused-ring (bicyclic) bond motifs is 4. The van der Waals surface area contributed by atoms with Gasteiger partial charge in [0.1, 0.15) is 18.2 Å². The molecule has 2 aliphatic heterocycles. The fourth-order valence-corrected chi connectivity index (χ4v) is 9.17. The van der Waals surface area contributed by atoms with E-state index in [4.69, 9.17) is 61.0 Å². The fraction of sp³-hybridized carbons (Fsp3) is 0.192. The lowest BCUT2D eigenvalue weighted by atomic mass is 10.0. The summed E-state index contributed by atoms with van der Waals surface area (Å²) in [5, 5.41) is 30.7. The van der Waals surface area contributed by atoms with Crippen molar-refractivity contribution in [2.75, 3.05) is 34.4 Å². The number of benzene rings is 4. The maximum absolute atomic E-state index is 12.8. The summed E-state index contributed by atoms with van der Waals surface area (Å²) in [6, 6.07) is 24.0. The van der Waals surface area contributed by atoms with Gasteiger partial charge in [-0.2, -0.15) is 9.97 Å². The molecular formula is C52H45Cl4N13O7. The van der Waals surface area contributed by atoms with Crippen LogP contribution in [0.4, 0.5) is 44.5 Å². The number of hydrogen-bond acceptors (Lipinski definition) is 14. The number of amides is 5. The Labute approximate surface area is 453 Å². The zero-order chi connectivity index (χ0) is 53.7. The Morgan fingerprint density at radius 1 is 0.566 bits per heavy atom. The van der Waals surface area contributed by atoms with Crippen LogP contribution < -0.4 is 37.2 Å². The highest BCUT2D eigenvalue weighted by Crippen LogP contribution is 2.41. The van der Waals surface area contributed by atoms with Crippen LogP contribution in [-0.4, -0.2) is 77.6 Å². The summed E-state index contributed by atoms with van der Waals surface area (Å²) < 4.78 is 10.9. The Bertz CT molecular complexity index is 3560. The predicted octanol–water partition coefficient (Wildman–Crippen LogP) is 10.8. The van der Waals surface area contributed by atoms with Gasteiger partial charge >= 0.3 is 18.0 Å². The van der Waals surface area contributed by atoms with E-state index in [1.54, 1.807) is 60.9 Å². The maximum atomic E-state index is 12.8. The molecule has 0 aliphatic carbocycles. The number of carbonyl (C=O) groups excluding carboxylic acids is 3. The molecule has 388 valence electrons. The van der Waals surface area contributed by atoms with Gasteiger partial charge in [0, 0.05) is 62.3 Å². The predicted molar refractivity (Wildman–Crippen MR) is 292 cm³/mol. The fourth-order valence-electron chi connectivity index (χ4n) is 7.97. The van der Waals surface area contributed by atoms with Gasteiger partial charge in [0.15, 0.2) is 11.3 Å². The summed E-state index contributed by atoms with van der Waals surface area (Å²) in [7, 11) is 0. The van der Waals surface area contributed by atoms with Crippen LogP contribution in [0.5, 0.6) is 0 Å². The normalized spacial score (nSPS) is 12.5. The van der Waals surface area contributed by atoms with E-state index >= 15 is 0 Å². The van der Waals surface area contributed by atoms with Crippen molar-refractivity contribution in [3.8, 4) is 22.3 Å². The average molecular weight is 1110 g/mol. The number of nitrogens with one attached hydrogen (secondary N) is 7. The van der Waals surface area contributed by atoms with E-state index in [-0.39, 0.29) is 29.7 Å². The molecule has 8 aromatic rings. The van der Waals surface area contributed by atoms with Gasteiger partial charge in [0.2, 0.25) is 17.8 Å². The standard InChI is InChI=1S/C28H27Cl2N7O3.C24H18Cl2N6O4/c1-28(2,3)37-22(38)12-32-27(39)36-25-19(23-20(29)5-4-6-21(23)30)10-16-11-31-26(35-24(16)34-25)33-18-8-7-15-13-40-14-17(15)9-18;25-17-2-1-3-18(26)20(17)16-7-13-8-27-23(29-15-5-4-12-10-36-11-14(12)6-15)31-21(13)30-22(16)32-24(35)28-9-19(33)34/h4-11H,12-14H2,1-3H3,(H,37,38)(H3,31,32,33,34,35,36,39);1-8H,9-11H2,(H,33,34)(H3,27,28,29,30,31,32,35). The molecule has 4 aromatic carbocycles. The monoisotopic (exact) mass is 1100 g/mol. The SMILES string of the molecule is CC(C)(C)NC(=O)CNC(=O)Nc1nc2nc(Nc3ccc4c(c3)COC4)ncc2cc1-c1c(Cl)cccc1Cl.O=C(O)CNC(=O)Nc1nc2nc(Nc3ccc4c(c3)COC4)ncc2cc1-c1c(Cl)cccc1Cl. The molecule has 0 bridgehead atoms. The molecule has 5 amide bonds. The van der Waals surface area contributed by atoms with Crippen molar-refractivity contribution in [3.05, 3.63) is 140 Å². The molecule has 76 heavy (non-hydrogen) atoms. The van der Waals surface area contributed by atoms with Crippen LogP contribution in [0, 0.1) is 0 Å². The highest BCUT2D eigenvalue weighted by atomic mass is 35.5. The summed E-state index contributed by atoms with van der Waals surface area (Å²) >= 11 is 25.8. The van der Waals surface area contributed by atoms with E-state index in [9.17, 15) is 19.2 Å². The lowest BCUT2D eigenvalue weighted by Gasteiger charge is -2.20. The van der Waals surface area contributed by atoms with E-state index in [1.165, 1.54) is 0 Å². The molecule has 24 heteroatoms. The molecule has 0 radical (unpaired) electrons. The van der Waals surface area contributed by atoms with E-state index < -0.39 is 30.1 Å². The average Bonchev–Trinajstić information content (AvgIpc) is 4.06. The number of carbonyl (C=O) groups is 4.